The average Bonchev–Trinajstić information content (AvgIpc) is 2.93. The summed E-state index contributed by atoms with van der Waals surface area (Å²) in [4.78, 5) is 0. The number of anilines is 1. The Morgan fingerprint density at radius 3 is 2.86 bits per heavy atom. The highest BCUT2D eigenvalue weighted by atomic mass is 79.9. The van der Waals surface area contributed by atoms with Crippen molar-refractivity contribution in [2.75, 3.05) is 5.73 Å². The molecule has 8 heteroatoms. The fraction of sp³-hybridized carbons (Fsp3) is 0. The van der Waals surface area contributed by atoms with Crippen LogP contribution >= 0.6 is 27.5 Å². The molecule has 21 heavy (non-hydrogen) atoms. The molecule has 0 bridgehead atoms. The molecule has 0 aliphatic carbocycles. The molecule has 0 spiro atoms. The number of benzene rings is 2. The SMILES string of the molecule is Nc1cccc(-c2nnnn2-c2cc(Br)ccc2F)c1Cl. The molecule has 0 radical (unpaired) electrons. The van der Waals surface area contributed by atoms with E-state index in [-0.39, 0.29) is 5.69 Å². The summed E-state index contributed by atoms with van der Waals surface area (Å²) in [6.07, 6.45) is 0. The van der Waals surface area contributed by atoms with E-state index in [0.29, 0.717) is 26.6 Å². The zero-order chi connectivity index (χ0) is 15.0. The molecule has 1 aromatic heterocycles. The minimum atomic E-state index is -0.452. The Hall–Kier alpha value is -1.99. The summed E-state index contributed by atoms with van der Waals surface area (Å²) in [5.41, 5.74) is 6.92. The Morgan fingerprint density at radius 2 is 2.05 bits per heavy atom. The monoisotopic (exact) mass is 367 g/mol. The van der Waals surface area contributed by atoms with Gasteiger partial charge in [-0.3, -0.25) is 0 Å². The molecule has 0 amide bonds. The average molecular weight is 369 g/mol. The molecule has 0 aliphatic rings. The Balaban J connectivity index is 2.22. The van der Waals surface area contributed by atoms with E-state index < -0.39 is 5.82 Å². The third kappa shape index (κ3) is 2.50. The Morgan fingerprint density at radius 1 is 1.24 bits per heavy atom. The van der Waals surface area contributed by atoms with Crippen LogP contribution in [0.2, 0.25) is 5.02 Å². The second kappa shape index (κ2) is 5.42. The molecule has 3 aromatic rings. The quantitative estimate of drug-likeness (QED) is 0.703. The summed E-state index contributed by atoms with van der Waals surface area (Å²) in [5.74, 6) is -0.143. The molecular formula is C13H8BrClFN5. The highest BCUT2D eigenvalue weighted by molar-refractivity contribution is 9.10. The fourth-order valence-corrected chi connectivity index (χ4v) is 2.45. The molecule has 0 unspecified atom stereocenters. The zero-order valence-electron chi connectivity index (χ0n) is 10.5. The Kier molecular flexibility index (Phi) is 3.60. The van der Waals surface area contributed by atoms with Gasteiger partial charge >= 0.3 is 0 Å². The third-order valence-electron chi connectivity index (χ3n) is 2.88. The van der Waals surface area contributed by atoms with Crippen molar-refractivity contribution in [3.05, 3.63) is 51.7 Å². The van der Waals surface area contributed by atoms with Gasteiger partial charge in [-0.25, -0.2) is 4.39 Å². The van der Waals surface area contributed by atoms with Gasteiger partial charge in [-0.2, -0.15) is 4.68 Å². The van der Waals surface area contributed by atoms with Crippen LogP contribution in [-0.2, 0) is 0 Å². The minimum absolute atomic E-state index is 0.211. The van der Waals surface area contributed by atoms with E-state index in [4.69, 9.17) is 17.3 Å². The van der Waals surface area contributed by atoms with E-state index in [1.807, 2.05) is 0 Å². The molecule has 0 saturated heterocycles. The lowest BCUT2D eigenvalue weighted by Crippen LogP contribution is -2.03. The highest BCUT2D eigenvalue weighted by Crippen LogP contribution is 2.32. The molecule has 3 rings (SSSR count). The molecule has 106 valence electrons. The molecule has 2 aromatic carbocycles. The Bertz CT molecular complexity index is 804. The van der Waals surface area contributed by atoms with Crippen molar-refractivity contribution in [2.24, 2.45) is 0 Å². The maximum Gasteiger partial charge on any atom is 0.188 e. The first kappa shape index (κ1) is 14.0. The molecule has 1 heterocycles. The van der Waals surface area contributed by atoms with Gasteiger partial charge in [0.15, 0.2) is 5.82 Å². The van der Waals surface area contributed by atoms with Gasteiger partial charge in [0, 0.05) is 10.0 Å². The number of nitrogens with two attached hydrogens (primary N) is 1. The smallest absolute Gasteiger partial charge is 0.188 e. The summed E-state index contributed by atoms with van der Waals surface area (Å²) < 4.78 is 16.0. The molecule has 2 N–H and O–H groups in total. The number of nitrogens with zero attached hydrogens (tertiary/aromatic N) is 4. The van der Waals surface area contributed by atoms with E-state index in [0.717, 1.165) is 0 Å². The Labute approximate surface area is 132 Å². The standard InChI is InChI=1S/C13H8BrClFN5/c14-7-4-5-9(16)11(6-7)21-13(18-19-20-21)8-2-1-3-10(17)12(8)15/h1-6H,17H2. The largest absolute Gasteiger partial charge is 0.398 e. The van der Waals surface area contributed by atoms with Crippen molar-refractivity contribution in [1.29, 1.82) is 0 Å². The van der Waals surface area contributed by atoms with Crippen LogP contribution in [0.4, 0.5) is 10.1 Å². The van der Waals surface area contributed by atoms with Crippen molar-refractivity contribution in [1.82, 2.24) is 20.2 Å². The molecule has 5 nitrogen and oxygen atoms in total. The summed E-state index contributed by atoms with van der Waals surface area (Å²) in [6.45, 7) is 0. The van der Waals surface area contributed by atoms with Crippen molar-refractivity contribution in [3.8, 4) is 17.1 Å². The summed E-state index contributed by atoms with van der Waals surface area (Å²) >= 11 is 9.47. The second-order valence-corrected chi connectivity index (χ2v) is 5.51. The van der Waals surface area contributed by atoms with E-state index in [1.165, 1.54) is 10.7 Å². The summed E-state index contributed by atoms with van der Waals surface area (Å²) in [5, 5.41) is 11.7. The van der Waals surface area contributed by atoms with Crippen LogP contribution in [0.1, 0.15) is 0 Å². The van der Waals surface area contributed by atoms with Gasteiger partial charge in [0.2, 0.25) is 0 Å². The number of nitrogen functional groups attached to an aromatic ring is 1. The van der Waals surface area contributed by atoms with Crippen LogP contribution in [0, 0.1) is 5.82 Å². The molecular weight excluding hydrogens is 361 g/mol. The molecule has 0 fully saturated rings. The zero-order valence-corrected chi connectivity index (χ0v) is 12.8. The first-order chi connectivity index (χ1) is 10.1. The van der Waals surface area contributed by atoms with Crippen molar-refractivity contribution >= 4 is 33.2 Å². The van der Waals surface area contributed by atoms with Gasteiger partial charge in [-0.1, -0.05) is 33.6 Å². The van der Waals surface area contributed by atoms with Crippen molar-refractivity contribution in [3.63, 3.8) is 0 Å². The predicted octanol–water partition coefficient (Wildman–Crippen LogP) is 3.47. The number of tetrazole rings is 1. The highest BCUT2D eigenvalue weighted by Gasteiger charge is 2.17. The van der Waals surface area contributed by atoms with Crippen LogP contribution in [0.5, 0.6) is 0 Å². The van der Waals surface area contributed by atoms with E-state index in [1.54, 1.807) is 30.3 Å². The lowest BCUT2D eigenvalue weighted by Gasteiger charge is -2.08. The molecule has 0 atom stereocenters. The number of hydrogen-bond acceptors (Lipinski definition) is 4. The number of rotatable bonds is 2. The van der Waals surface area contributed by atoms with E-state index in [2.05, 4.69) is 31.5 Å². The lowest BCUT2D eigenvalue weighted by atomic mass is 10.2. The van der Waals surface area contributed by atoms with Gasteiger partial charge in [0.25, 0.3) is 0 Å². The normalized spacial score (nSPS) is 10.8. The summed E-state index contributed by atoms with van der Waals surface area (Å²) in [6, 6.07) is 9.61. The van der Waals surface area contributed by atoms with Crippen LogP contribution in [-0.4, -0.2) is 20.2 Å². The fourth-order valence-electron chi connectivity index (χ4n) is 1.89. The van der Waals surface area contributed by atoms with Crippen molar-refractivity contribution < 1.29 is 4.39 Å². The molecule has 0 saturated carbocycles. The van der Waals surface area contributed by atoms with Crippen LogP contribution < -0.4 is 5.73 Å². The third-order valence-corrected chi connectivity index (χ3v) is 3.79. The first-order valence-corrected chi connectivity index (χ1v) is 7.03. The predicted molar refractivity (Wildman–Crippen MR) is 81.7 cm³/mol. The van der Waals surface area contributed by atoms with Crippen LogP contribution in [0.3, 0.4) is 0 Å². The van der Waals surface area contributed by atoms with Gasteiger partial charge in [-0.15, -0.1) is 5.10 Å². The van der Waals surface area contributed by atoms with Gasteiger partial charge in [0.1, 0.15) is 11.5 Å². The van der Waals surface area contributed by atoms with Crippen molar-refractivity contribution in [2.45, 2.75) is 0 Å². The number of halogens is 3. The number of hydrogen-bond donors (Lipinski definition) is 1. The van der Waals surface area contributed by atoms with Gasteiger partial charge in [0.05, 0.1) is 10.7 Å². The van der Waals surface area contributed by atoms with Gasteiger partial charge < -0.3 is 5.73 Å². The maximum absolute atomic E-state index is 14.0. The van der Waals surface area contributed by atoms with E-state index >= 15 is 0 Å². The van der Waals surface area contributed by atoms with Crippen LogP contribution in [0.25, 0.3) is 17.1 Å². The van der Waals surface area contributed by atoms with Crippen LogP contribution in [0.15, 0.2) is 40.9 Å². The molecule has 0 aliphatic heterocycles. The van der Waals surface area contributed by atoms with Gasteiger partial charge in [-0.05, 0) is 40.8 Å². The number of aromatic nitrogens is 4. The van der Waals surface area contributed by atoms with E-state index in [9.17, 15) is 4.39 Å². The summed E-state index contributed by atoms with van der Waals surface area (Å²) in [7, 11) is 0. The maximum atomic E-state index is 14.0. The topological polar surface area (TPSA) is 69.6 Å². The second-order valence-electron chi connectivity index (χ2n) is 4.22. The minimum Gasteiger partial charge on any atom is -0.398 e. The first-order valence-electron chi connectivity index (χ1n) is 5.86. The lowest BCUT2D eigenvalue weighted by molar-refractivity contribution is 0.607.